The second kappa shape index (κ2) is 6.59. The molecule has 6 atom stereocenters. The van der Waals surface area contributed by atoms with Gasteiger partial charge in [0, 0.05) is 5.56 Å². The molecule has 1 aromatic rings. The van der Waals surface area contributed by atoms with Gasteiger partial charge in [-0.1, -0.05) is 30.3 Å². The van der Waals surface area contributed by atoms with Gasteiger partial charge in [0.2, 0.25) is 6.29 Å². The topological polar surface area (TPSA) is 119 Å². The average molecular weight is 285 g/mol. The first-order valence-corrected chi connectivity index (χ1v) is 6.21. The molecule has 4 N–H and O–H groups in total. The molecule has 7 nitrogen and oxygen atoms in total. The fraction of sp³-hybridized carbons (Fsp3) is 0.538. The van der Waals surface area contributed by atoms with Crippen molar-refractivity contribution in [2.45, 2.75) is 37.0 Å². The quantitative estimate of drug-likeness (QED) is 0.523. The Morgan fingerprint density at radius 1 is 1.10 bits per heavy atom. The molecule has 2 rings (SSSR count). The van der Waals surface area contributed by atoms with Gasteiger partial charge >= 0.3 is 0 Å². The first-order chi connectivity index (χ1) is 9.54. The number of aliphatic hydroxyl groups excluding tert-OH is 4. The van der Waals surface area contributed by atoms with Crippen molar-refractivity contribution in [2.75, 3.05) is 6.61 Å². The van der Waals surface area contributed by atoms with Crippen molar-refractivity contribution in [1.82, 2.24) is 0 Å². The monoisotopic (exact) mass is 285 g/mol. The molecule has 1 saturated heterocycles. The molecule has 0 saturated carbocycles. The van der Waals surface area contributed by atoms with Crippen molar-refractivity contribution in [2.24, 2.45) is 0 Å². The standard InChI is InChI=1S/C13H17O7/c14-6-8-9(15)10(16)11(17)13(19-8)20-12(18)7-4-2-1-3-5-7/h1-5,8-17H,6H2/t8-,9-,10+,11+,12?,13-/m1/s1. The lowest BCUT2D eigenvalue weighted by molar-refractivity contribution is -0.341. The summed E-state index contributed by atoms with van der Waals surface area (Å²) in [5, 5.41) is 49.8. The highest BCUT2D eigenvalue weighted by Crippen LogP contribution is 2.26. The highest BCUT2D eigenvalue weighted by atomic mass is 16.7. The van der Waals surface area contributed by atoms with Crippen LogP contribution in [-0.4, -0.2) is 57.7 Å². The molecule has 1 radical (unpaired) electrons. The Morgan fingerprint density at radius 2 is 1.75 bits per heavy atom. The van der Waals surface area contributed by atoms with Crippen molar-refractivity contribution in [3.63, 3.8) is 0 Å². The largest absolute Gasteiger partial charge is 0.394 e. The smallest absolute Gasteiger partial charge is 0.220 e. The summed E-state index contributed by atoms with van der Waals surface area (Å²) in [6.45, 7) is -0.570. The third-order valence-electron chi connectivity index (χ3n) is 3.18. The van der Waals surface area contributed by atoms with Crippen molar-refractivity contribution in [1.29, 1.82) is 0 Å². The van der Waals surface area contributed by atoms with Crippen LogP contribution in [0.5, 0.6) is 0 Å². The van der Waals surface area contributed by atoms with E-state index in [9.17, 15) is 20.4 Å². The predicted octanol–water partition coefficient (Wildman–Crippen LogP) is -1.07. The van der Waals surface area contributed by atoms with Crippen molar-refractivity contribution in [3.05, 3.63) is 35.9 Å². The van der Waals surface area contributed by atoms with Crippen LogP contribution in [0.15, 0.2) is 30.3 Å². The van der Waals surface area contributed by atoms with E-state index in [0.29, 0.717) is 5.56 Å². The van der Waals surface area contributed by atoms with Gasteiger partial charge in [-0.25, -0.2) is 0 Å². The highest BCUT2D eigenvalue weighted by Gasteiger charge is 2.44. The van der Waals surface area contributed by atoms with Crippen LogP contribution in [0.2, 0.25) is 0 Å². The lowest BCUT2D eigenvalue weighted by Gasteiger charge is -2.39. The van der Waals surface area contributed by atoms with E-state index in [4.69, 9.17) is 14.6 Å². The minimum atomic E-state index is -1.61. The van der Waals surface area contributed by atoms with Crippen LogP contribution in [0.1, 0.15) is 11.9 Å². The summed E-state index contributed by atoms with van der Waals surface area (Å²) in [7, 11) is 0. The predicted molar refractivity (Wildman–Crippen MR) is 64.7 cm³/mol. The van der Waals surface area contributed by atoms with Gasteiger partial charge in [-0.2, -0.15) is 5.11 Å². The van der Waals surface area contributed by atoms with Crippen LogP contribution >= 0.6 is 0 Å². The van der Waals surface area contributed by atoms with E-state index in [1.54, 1.807) is 30.3 Å². The van der Waals surface area contributed by atoms with Gasteiger partial charge in [0.1, 0.15) is 24.4 Å². The van der Waals surface area contributed by atoms with E-state index >= 15 is 0 Å². The normalized spacial score (nSPS) is 35.8. The van der Waals surface area contributed by atoms with Crippen LogP contribution in [0, 0.1) is 0 Å². The van der Waals surface area contributed by atoms with Crippen LogP contribution in [-0.2, 0) is 14.6 Å². The van der Waals surface area contributed by atoms with Gasteiger partial charge in [-0.3, -0.25) is 0 Å². The molecule has 7 heteroatoms. The summed E-state index contributed by atoms with van der Waals surface area (Å²) in [6, 6.07) is 8.18. The number of ether oxygens (including phenoxy) is 2. The van der Waals surface area contributed by atoms with Gasteiger partial charge in [0.15, 0.2) is 6.29 Å². The minimum absolute atomic E-state index is 0.337. The zero-order valence-corrected chi connectivity index (χ0v) is 10.6. The van der Waals surface area contributed by atoms with Gasteiger partial charge in [0.25, 0.3) is 0 Å². The molecule has 0 bridgehead atoms. The van der Waals surface area contributed by atoms with Gasteiger partial charge < -0.3 is 29.9 Å². The molecule has 1 aliphatic heterocycles. The van der Waals surface area contributed by atoms with E-state index in [0.717, 1.165) is 0 Å². The molecular weight excluding hydrogens is 268 g/mol. The fourth-order valence-corrected chi connectivity index (χ4v) is 1.99. The van der Waals surface area contributed by atoms with Crippen molar-refractivity contribution < 1.29 is 35.0 Å². The van der Waals surface area contributed by atoms with Crippen LogP contribution < -0.4 is 0 Å². The second-order valence-electron chi connectivity index (χ2n) is 4.58. The van der Waals surface area contributed by atoms with Gasteiger partial charge in [0.05, 0.1) is 6.61 Å². The molecular formula is C13H17O7. The third-order valence-corrected chi connectivity index (χ3v) is 3.18. The Morgan fingerprint density at radius 3 is 2.35 bits per heavy atom. The van der Waals surface area contributed by atoms with E-state index in [1.807, 2.05) is 0 Å². The molecule has 1 heterocycles. The van der Waals surface area contributed by atoms with Crippen LogP contribution in [0.3, 0.4) is 0 Å². The lowest BCUT2D eigenvalue weighted by Crippen LogP contribution is -2.59. The number of hydrogen-bond donors (Lipinski definition) is 4. The fourth-order valence-electron chi connectivity index (χ4n) is 1.99. The molecule has 0 spiro atoms. The van der Waals surface area contributed by atoms with E-state index in [2.05, 4.69) is 0 Å². The molecule has 20 heavy (non-hydrogen) atoms. The Hall–Kier alpha value is -1.06. The van der Waals surface area contributed by atoms with Crippen LogP contribution in [0.25, 0.3) is 0 Å². The Labute approximate surface area is 115 Å². The summed E-state index contributed by atoms with van der Waals surface area (Å²) in [4.78, 5) is 0. The van der Waals surface area contributed by atoms with E-state index in [-0.39, 0.29) is 0 Å². The number of rotatable bonds is 4. The maximum absolute atomic E-state index is 11.9. The van der Waals surface area contributed by atoms with E-state index in [1.165, 1.54) is 0 Å². The third kappa shape index (κ3) is 3.15. The molecule has 1 unspecified atom stereocenters. The zero-order valence-electron chi connectivity index (χ0n) is 10.6. The maximum atomic E-state index is 11.9. The molecule has 111 valence electrons. The average Bonchev–Trinajstić information content (AvgIpc) is 2.48. The first kappa shape index (κ1) is 15.3. The molecule has 0 aromatic heterocycles. The molecule has 0 aliphatic carbocycles. The molecule has 1 fully saturated rings. The number of aliphatic hydroxyl groups is 4. The Bertz CT molecular complexity index is 410. The summed E-state index contributed by atoms with van der Waals surface area (Å²) >= 11 is 0. The minimum Gasteiger partial charge on any atom is -0.394 e. The van der Waals surface area contributed by atoms with Crippen molar-refractivity contribution >= 4 is 0 Å². The molecule has 0 amide bonds. The number of hydrogen-bond acceptors (Lipinski definition) is 6. The summed E-state index contributed by atoms with van der Waals surface area (Å²) in [5.74, 6) is 0. The summed E-state index contributed by atoms with van der Waals surface area (Å²) in [5.41, 5.74) is 0.337. The highest BCUT2D eigenvalue weighted by molar-refractivity contribution is 5.15. The van der Waals surface area contributed by atoms with Gasteiger partial charge in [-0.15, -0.1) is 0 Å². The van der Waals surface area contributed by atoms with E-state index < -0.39 is 43.6 Å². The van der Waals surface area contributed by atoms with Gasteiger partial charge in [-0.05, 0) is 0 Å². The van der Waals surface area contributed by atoms with Crippen molar-refractivity contribution in [3.8, 4) is 0 Å². The molecule has 1 aromatic carbocycles. The SMILES string of the molecule is [O]C(O[C@H]1O[C@H](CO)[C@@H](O)[C@H](O)[C@@H]1O)c1ccccc1. The Kier molecular flexibility index (Phi) is 5.06. The number of benzene rings is 1. The Balaban J connectivity index is 2.04. The lowest BCUT2D eigenvalue weighted by atomic mass is 9.99. The maximum Gasteiger partial charge on any atom is 0.220 e. The summed E-state index contributed by atoms with van der Waals surface area (Å²) < 4.78 is 10.1. The molecule has 1 aliphatic rings. The zero-order chi connectivity index (χ0) is 14.7. The summed E-state index contributed by atoms with van der Waals surface area (Å²) in [6.07, 6.45) is -8.74. The van der Waals surface area contributed by atoms with Crippen LogP contribution in [0.4, 0.5) is 0 Å². The first-order valence-electron chi connectivity index (χ1n) is 6.21. The second-order valence-corrected chi connectivity index (χ2v) is 4.58.